The van der Waals surface area contributed by atoms with Crippen LogP contribution in [0, 0.1) is 6.92 Å². The number of sulfone groups is 1. The standard InChI is InChI=1S/C16H23NO4S2/c1-12-5-3-4-6-15(12)21-8-9-22-13(2)16(18)17-14-7-10-23(19,20)11-14/h3-6,13-14H,7-11H2,1-2H3,(H,17,18). The van der Waals surface area contributed by atoms with Crippen molar-refractivity contribution in [3.05, 3.63) is 29.8 Å². The van der Waals surface area contributed by atoms with Gasteiger partial charge in [0, 0.05) is 11.8 Å². The van der Waals surface area contributed by atoms with E-state index >= 15 is 0 Å². The molecule has 1 heterocycles. The zero-order valence-electron chi connectivity index (χ0n) is 13.4. The lowest BCUT2D eigenvalue weighted by Crippen LogP contribution is -2.40. The van der Waals surface area contributed by atoms with Gasteiger partial charge in [-0.1, -0.05) is 18.2 Å². The van der Waals surface area contributed by atoms with Crippen LogP contribution in [-0.2, 0) is 14.6 Å². The monoisotopic (exact) mass is 357 g/mol. The molecule has 0 spiro atoms. The summed E-state index contributed by atoms with van der Waals surface area (Å²) >= 11 is 1.51. The number of aryl methyl sites for hydroxylation is 1. The van der Waals surface area contributed by atoms with E-state index in [4.69, 9.17) is 4.74 Å². The first-order chi connectivity index (χ1) is 10.9. The van der Waals surface area contributed by atoms with E-state index in [1.54, 1.807) is 0 Å². The molecule has 0 aliphatic carbocycles. The second-order valence-corrected chi connectivity index (χ2v) is 9.41. The summed E-state index contributed by atoms with van der Waals surface area (Å²) in [7, 11) is -2.96. The van der Waals surface area contributed by atoms with Crippen molar-refractivity contribution in [2.45, 2.75) is 31.6 Å². The molecular weight excluding hydrogens is 334 g/mol. The molecule has 23 heavy (non-hydrogen) atoms. The van der Waals surface area contributed by atoms with Gasteiger partial charge in [-0.15, -0.1) is 11.8 Å². The topological polar surface area (TPSA) is 72.5 Å². The van der Waals surface area contributed by atoms with E-state index in [1.165, 1.54) is 11.8 Å². The third-order valence-electron chi connectivity index (χ3n) is 3.75. The summed E-state index contributed by atoms with van der Waals surface area (Å²) in [5.74, 6) is 1.69. The van der Waals surface area contributed by atoms with Crippen LogP contribution in [0.15, 0.2) is 24.3 Å². The van der Waals surface area contributed by atoms with Crippen LogP contribution in [-0.4, -0.2) is 49.5 Å². The van der Waals surface area contributed by atoms with Crippen molar-refractivity contribution in [3.63, 3.8) is 0 Å². The van der Waals surface area contributed by atoms with Gasteiger partial charge in [-0.3, -0.25) is 4.79 Å². The minimum atomic E-state index is -2.96. The molecule has 0 bridgehead atoms. The Morgan fingerprint density at radius 2 is 2.17 bits per heavy atom. The minimum absolute atomic E-state index is 0.0620. The summed E-state index contributed by atoms with van der Waals surface area (Å²) in [6, 6.07) is 7.58. The highest BCUT2D eigenvalue weighted by Crippen LogP contribution is 2.18. The van der Waals surface area contributed by atoms with E-state index in [1.807, 2.05) is 38.1 Å². The normalized spacial score (nSPS) is 20.9. The van der Waals surface area contributed by atoms with E-state index < -0.39 is 9.84 Å². The maximum atomic E-state index is 12.1. The molecule has 1 amide bonds. The van der Waals surface area contributed by atoms with Crippen molar-refractivity contribution >= 4 is 27.5 Å². The van der Waals surface area contributed by atoms with Gasteiger partial charge >= 0.3 is 0 Å². The van der Waals surface area contributed by atoms with Crippen molar-refractivity contribution in [3.8, 4) is 5.75 Å². The summed E-state index contributed by atoms with van der Waals surface area (Å²) < 4.78 is 28.5. The third-order valence-corrected chi connectivity index (χ3v) is 6.63. The lowest BCUT2D eigenvalue weighted by molar-refractivity contribution is -0.120. The highest BCUT2D eigenvalue weighted by atomic mass is 32.2. The molecule has 2 rings (SSSR count). The molecule has 0 aromatic heterocycles. The maximum absolute atomic E-state index is 12.1. The fourth-order valence-electron chi connectivity index (χ4n) is 2.40. The predicted molar refractivity (Wildman–Crippen MR) is 93.8 cm³/mol. The fraction of sp³-hybridized carbons (Fsp3) is 0.562. The number of rotatable bonds is 7. The molecule has 5 nitrogen and oxygen atoms in total. The van der Waals surface area contributed by atoms with Gasteiger partial charge < -0.3 is 10.1 Å². The molecule has 2 unspecified atom stereocenters. The zero-order chi connectivity index (χ0) is 16.9. The first-order valence-electron chi connectivity index (χ1n) is 7.68. The molecule has 0 radical (unpaired) electrons. The Morgan fingerprint density at radius 1 is 1.43 bits per heavy atom. The van der Waals surface area contributed by atoms with Crippen LogP contribution in [0.1, 0.15) is 18.9 Å². The van der Waals surface area contributed by atoms with Gasteiger partial charge in [0.05, 0.1) is 23.4 Å². The fourth-order valence-corrected chi connectivity index (χ4v) is 4.82. The van der Waals surface area contributed by atoms with E-state index in [0.29, 0.717) is 18.8 Å². The number of benzene rings is 1. The van der Waals surface area contributed by atoms with E-state index in [-0.39, 0.29) is 28.7 Å². The molecular formula is C16H23NO4S2. The molecule has 1 fully saturated rings. The Hall–Kier alpha value is -1.21. The van der Waals surface area contributed by atoms with Crippen LogP contribution in [0.2, 0.25) is 0 Å². The summed E-state index contributed by atoms with van der Waals surface area (Å²) in [5.41, 5.74) is 1.09. The average molecular weight is 357 g/mol. The van der Waals surface area contributed by atoms with Gasteiger partial charge in [0.25, 0.3) is 0 Å². The molecule has 1 aliphatic heterocycles. The lowest BCUT2D eigenvalue weighted by atomic mass is 10.2. The zero-order valence-corrected chi connectivity index (χ0v) is 15.1. The number of hydrogen-bond acceptors (Lipinski definition) is 5. The minimum Gasteiger partial charge on any atom is -0.492 e. The van der Waals surface area contributed by atoms with Crippen molar-refractivity contribution < 1.29 is 17.9 Å². The van der Waals surface area contributed by atoms with Crippen LogP contribution >= 0.6 is 11.8 Å². The molecule has 1 saturated heterocycles. The summed E-state index contributed by atoms with van der Waals surface area (Å²) in [6.07, 6.45) is 0.516. The molecule has 128 valence electrons. The van der Waals surface area contributed by atoms with Gasteiger partial charge in [0.1, 0.15) is 5.75 Å². The predicted octanol–water partition coefficient (Wildman–Crippen LogP) is 1.80. The largest absolute Gasteiger partial charge is 0.492 e. The van der Waals surface area contributed by atoms with Crippen LogP contribution in [0.3, 0.4) is 0 Å². The van der Waals surface area contributed by atoms with E-state index in [0.717, 1.165) is 11.3 Å². The van der Waals surface area contributed by atoms with Crippen molar-refractivity contribution in [1.82, 2.24) is 5.32 Å². The van der Waals surface area contributed by atoms with Gasteiger partial charge in [-0.2, -0.15) is 0 Å². The summed E-state index contributed by atoms with van der Waals surface area (Å²) in [5, 5.41) is 2.60. The molecule has 2 atom stereocenters. The number of ether oxygens (including phenoxy) is 1. The smallest absolute Gasteiger partial charge is 0.233 e. The number of carbonyl (C=O) groups is 1. The van der Waals surface area contributed by atoms with Crippen molar-refractivity contribution in [1.29, 1.82) is 0 Å². The molecule has 1 aliphatic rings. The number of carbonyl (C=O) groups excluding carboxylic acids is 1. The van der Waals surface area contributed by atoms with Crippen LogP contribution in [0.25, 0.3) is 0 Å². The number of nitrogens with one attached hydrogen (secondary N) is 1. The van der Waals surface area contributed by atoms with Crippen LogP contribution in [0.5, 0.6) is 5.75 Å². The number of amides is 1. The first kappa shape index (κ1) is 18.1. The highest BCUT2D eigenvalue weighted by Gasteiger charge is 2.29. The van der Waals surface area contributed by atoms with E-state index in [9.17, 15) is 13.2 Å². The quantitative estimate of drug-likeness (QED) is 0.754. The number of para-hydroxylation sites is 1. The Balaban J connectivity index is 1.67. The van der Waals surface area contributed by atoms with Crippen LogP contribution in [0.4, 0.5) is 0 Å². The molecule has 0 saturated carbocycles. The molecule has 1 aromatic rings. The average Bonchev–Trinajstić information content (AvgIpc) is 2.84. The Kier molecular flexibility index (Phi) is 6.35. The summed E-state index contributed by atoms with van der Waals surface area (Å²) in [6.45, 7) is 4.36. The van der Waals surface area contributed by atoms with Gasteiger partial charge in [0.15, 0.2) is 9.84 Å². The lowest BCUT2D eigenvalue weighted by Gasteiger charge is -2.16. The number of hydrogen-bond donors (Lipinski definition) is 1. The van der Waals surface area contributed by atoms with Gasteiger partial charge in [0.2, 0.25) is 5.91 Å². The molecule has 1 N–H and O–H groups in total. The third kappa shape index (κ3) is 5.73. The van der Waals surface area contributed by atoms with E-state index in [2.05, 4.69) is 5.32 Å². The molecule has 1 aromatic carbocycles. The Bertz CT molecular complexity index is 645. The Morgan fingerprint density at radius 3 is 2.83 bits per heavy atom. The van der Waals surface area contributed by atoms with Crippen molar-refractivity contribution in [2.24, 2.45) is 0 Å². The number of thioether (sulfide) groups is 1. The van der Waals surface area contributed by atoms with Gasteiger partial charge in [-0.05, 0) is 31.9 Å². The van der Waals surface area contributed by atoms with Crippen LogP contribution < -0.4 is 10.1 Å². The second kappa shape index (κ2) is 8.06. The SMILES string of the molecule is Cc1ccccc1OCCSC(C)C(=O)NC1CCS(=O)(=O)C1. The van der Waals surface area contributed by atoms with Gasteiger partial charge in [-0.25, -0.2) is 8.42 Å². The van der Waals surface area contributed by atoms with Crippen molar-refractivity contribution in [2.75, 3.05) is 23.9 Å². The first-order valence-corrected chi connectivity index (χ1v) is 10.6. The highest BCUT2D eigenvalue weighted by molar-refractivity contribution is 8.00. The summed E-state index contributed by atoms with van der Waals surface area (Å²) in [4.78, 5) is 12.1. The molecule has 7 heteroatoms. The second-order valence-electron chi connectivity index (χ2n) is 5.74. The Labute approximate surface area is 142 Å². The maximum Gasteiger partial charge on any atom is 0.233 e.